The lowest BCUT2D eigenvalue weighted by Crippen LogP contribution is -2.32. The van der Waals surface area contributed by atoms with Gasteiger partial charge in [-0.05, 0) is 46.4 Å². The van der Waals surface area contributed by atoms with Gasteiger partial charge in [-0.2, -0.15) is 0 Å². The van der Waals surface area contributed by atoms with Gasteiger partial charge in [0, 0.05) is 22.0 Å². The van der Waals surface area contributed by atoms with Gasteiger partial charge in [0.2, 0.25) is 0 Å². The maximum Gasteiger partial charge on any atom is 0.255 e. The normalized spacial score (nSPS) is 10.4. The van der Waals surface area contributed by atoms with Crippen LogP contribution in [0.15, 0.2) is 48.5 Å². The van der Waals surface area contributed by atoms with Crippen molar-refractivity contribution in [2.24, 2.45) is 0 Å². The molecule has 2 nitrogen and oxygen atoms in total. The molecule has 0 unspecified atom stereocenters. The Hall–Kier alpha value is -0.950. The van der Waals surface area contributed by atoms with E-state index in [0.29, 0.717) is 27.6 Å². The fraction of sp³-hybridized carbons (Fsp3) is 0.188. The quantitative estimate of drug-likeness (QED) is 0.475. The molecule has 110 valence electrons. The van der Waals surface area contributed by atoms with Crippen molar-refractivity contribution in [1.29, 1.82) is 0 Å². The van der Waals surface area contributed by atoms with Crippen LogP contribution in [0.25, 0.3) is 0 Å². The number of halogens is 3. The lowest BCUT2D eigenvalue weighted by molar-refractivity contribution is 0.0753. The smallest absolute Gasteiger partial charge is 0.255 e. The molecule has 21 heavy (non-hydrogen) atoms. The average molecular weight is 462 g/mol. The van der Waals surface area contributed by atoms with E-state index in [4.69, 9.17) is 0 Å². The van der Waals surface area contributed by atoms with Gasteiger partial charge in [0.1, 0.15) is 5.82 Å². The Bertz CT molecular complexity index is 621. The molecule has 0 fully saturated rings. The van der Waals surface area contributed by atoms with Crippen molar-refractivity contribution in [2.45, 2.75) is 6.54 Å². The third-order valence-electron chi connectivity index (χ3n) is 3.02. The Morgan fingerprint density at radius 1 is 1.19 bits per heavy atom. The summed E-state index contributed by atoms with van der Waals surface area (Å²) in [7, 11) is 0. The van der Waals surface area contributed by atoms with Crippen molar-refractivity contribution in [2.75, 3.05) is 11.9 Å². The Kier molecular flexibility index (Phi) is 6.17. The Morgan fingerprint density at radius 2 is 1.90 bits per heavy atom. The van der Waals surface area contributed by atoms with Gasteiger partial charge < -0.3 is 4.90 Å². The third-order valence-corrected chi connectivity index (χ3v) is 4.27. The molecule has 1 amide bonds. The average Bonchev–Trinajstić information content (AvgIpc) is 2.47. The van der Waals surface area contributed by atoms with Crippen molar-refractivity contribution < 1.29 is 9.18 Å². The molecule has 0 N–H and O–H groups in total. The predicted molar refractivity (Wildman–Crippen MR) is 94.1 cm³/mol. The first-order valence-corrected chi connectivity index (χ1v) is 8.66. The molecule has 0 spiro atoms. The first kappa shape index (κ1) is 16.4. The molecule has 2 rings (SSSR count). The van der Waals surface area contributed by atoms with Gasteiger partial charge in [-0.3, -0.25) is 4.79 Å². The summed E-state index contributed by atoms with van der Waals surface area (Å²) in [5, 5.41) is 0.698. The van der Waals surface area contributed by atoms with Gasteiger partial charge in [-0.25, -0.2) is 4.39 Å². The highest BCUT2D eigenvalue weighted by Crippen LogP contribution is 2.17. The Morgan fingerprint density at radius 3 is 2.52 bits per heavy atom. The van der Waals surface area contributed by atoms with E-state index in [1.165, 1.54) is 12.1 Å². The molecular formula is C16H14BrFINO. The van der Waals surface area contributed by atoms with E-state index in [-0.39, 0.29) is 11.7 Å². The molecule has 2 aromatic rings. The van der Waals surface area contributed by atoms with E-state index in [1.807, 2.05) is 52.9 Å². The highest BCUT2D eigenvalue weighted by molar-refractivity contribution is 14.1. The van der Waals surface area contributed by atoms with Crippen LogP contribution < -0.4 is 0 Å². The van der Waals surface area contributed by atoms with E-state index in [2.05, 4.69) is 15.9 Å². The molecule has 0 heterocycles. The van der Waals surface area contributed by atoms with E-state index in [1.54, 1.807) is 11.0 Å². The highest BCUT2D eigenvalue weighted by Gasteiger charge is 2.18. The summed E-state index contributed by atoms with van der Waals surface area (Å²) < 4.78 is 13.8. The summed E-state index contributed by atoms with van der Waals surface area (Å²) in [6.07, 6.45) is 0. The second-order valence-electron chi connectivity index (χ2n) is 4.53. The number of nitrogens with zero attached hydrogens (tertiary/aromatic N) is 1. The number of rotatable bonds is 5. The van der Waals surface area contributed by atoms with Gasteiger partial charge >= 0.3 is 0 Å². The summed E-state index contributed by atoms with van der Waals surface area (Å²) in [5.41, 5.74) is 1.61. The Balaban J connectivity index is 2.23. The van der Waals surface area contributed by atoms with Crippen LogP contribution in [0.2, 0.25) is 0 Å². The zero-order valence-electron chi connectivity index (χ0n) is 11.2. The molecule has 0 saturated heterocycles. The van der Waals surface area contributed by atoms with E-state index in [9.17, 15) is 9.18 Å². The zero-order chi connectivity index (χ0) is 15.2. The van der Waals surface area contributed by atoms with Crippen LogP contribution in [0.1, 0.15) is 15.9 Å². The summed E-state index contributed by atoms with van der Waals surface area (Å²) >= 11 is 5.37. The fourth-order valence-electron chi connectivity index (χ4n) is 1.99. The second kappa shape index (κ2) is 7.89. The van der Waals surface area contributed by atoms with Crippen molar-refractivity contribution in [3.8, 4) is 0 Å². The molecule has 2 aromatic carbocycles. The van der Waals surface area contributed by atoms with E-state index in [0.717, 1.165) is 5.56 Å². The fourth-order valence-corrected chi connectivity index (χ4v) is 3.13. The summed E-state index contributed by atoms with van der Waals surface area (Å²) in [6, 6.07) is 14.1. The van der Waals surface area contributed by atoms with Crippen molar-refractivity contribution in [3.05, 3.63) is 69.0 Å². The maximum atomic E-state index is 13.2. The third kappa shape index (κ3) is 4.51. The molecule has 0 aliphatic rings. The minimum absolute atomic E-state index is 0.0808. The molecule has 5 heteroatoms. The number of benzene rings is 2. The maximum absolute atomic E-state index is 13.2. The number of carbonyl (C=O) groups is 1. The molecule has 0 aliphatic heterocycles. The molecule has 0 saturated carbocycles. The highest BCUT2D eigenvalue weighted by atomic mass is 127. The topological polar surface area (TPSA) is 20.3 Å². The molecular weight excluding hydrogens is 448 g/mol. The largest absolute Gasteiger partial charge is 0.333 e. The van der Waals surface area contributed by atoms with Gasteiger partial charge in [0.05, 0.1) is 5.56 Å². The van der Waals surface area contributed by atoms with Crippen LogP contribution in [0.4, 0.5) is 4.39 Å². The SMILES string of the molecule is O=C(c1ccc(F)cc1I)N(CCBr)Cc1ccccc1. The minimum Gasteiger partial charge on any atom is -0.333 e. The summed E-state index contributed by atoms with van der Waals surface area (Å²) in [6.45, 7) is 1.14. The molecule has 0 aromatic heterocycles. The standard InChI is InChI=1S/C16H14BrFINO/c17-8-9-20(11-12-4-2-1-3-5-12)16(21)14-7-6-13(18)10-15(14)19/h1-7,10H,8-9,11H2. The second-order valence-corrected chi connectivity index (χ2v) is 6.48. The number of hydrogen-bond donors (Lipinski definition) is 0. The van der Waals surface area contributed by atoms with Crippen LogP contribution in [0.3, 0.4) is 0 Å². The Labute approximate surface area is 145 Å². The summed E-state index contributed by atoms with van der Waals surface area (Å²) in [5.74, 6) is -0.409. The lowest BCUT2D eigenvalue weighted by atomic mass is 10.1. The van der Waals surface area contributed by atoms with E-state index >= 15 is 0 Å². The van der Waals surface area contributed by atoms with Crippen LogP contribution >= 0.6 is 38.5 Å². The lowest BCUT2D eigenvalue weighted by Gasteiger charge is -2.22. The monoisotopic (exact) mass is 461 g/mol. The minimum atomic E-state index is -0.328. The number of hydrogen-bond acceptors (Lipinski definition) is 1. The number of carbonyl (C=O) groups excluding carboxylic acids is 1. The first-order chi connectivity index (χ1) is 10.1. The van der Waals surface area contributed by atoms with Crippen LogP contribution in [-0.4, -0.2) is 22.7 Å². The van der Waals surface area contributed by atoms with E-state index < -0.39 is 0 Å². The van der Waals surface area contributed by atoms with Crippen molar-refractivity contribution in [1.82, 2.24) is 4.90 Å². The van der Waals surface area contributed by atoms with Gasteiger partial charge in [0.25, 0.3) is 5.91 Å². The van der Waals surface area contributed by atoms with Crippen LogP contribution in [-0.2, 0) is 6.54 Å². The molecule has 0 atom stereocenters. The van der Waals surface area contributed by atoms with Crippen LogP contribution in [0, 0.1) is 9.39 Å². The molecule has 0 bridgehead atoms. The molecule has 0 radical (unpaired) electrons. The van der Waals surface area contributed by atoms with Crippen LogP contribution in [0.5, 0.6) is 0 Å². The van der Waals surface area contributed by atoms with Gasteiger partial charge in [-0.15, -0.1) is 0 Å². The molecule has 0 aliphatic carbocycles. The number of alkyl halides is 1. The van der Waals surface area contributed by atoms with Gasteiger partial charge in [-0.1, -0.05) is 46.3 Å². The van der Waals surface area contributed by atoms with Crippen molar-refractivity contribution in [3.63, 3.8) is 0 Å². The predicted octanol–water partition coefficient (Wildman–Crippen LogP) is 4.47. The van der Waals surface area contributed by atoms with Gasteiger partial charge in [0.15, 0.2) is 0 Å². The van der Waals surface area contributed by atoms with Crippen molar-refractivity contribution >= 4 is 44.4 Å². The first-order valence-electron chi connectivity index (χ1n) is 6.46. The summed E-state index contributed by atoms with van der Waals surface area (Å²) in [4.78, 5) is 14.4. The number of amides is 1. The zero-order valence-corrected chi connectivity index (χ0v) is 15.0.